The van der Waals surface area contributed by atoms with E-state index >= 15 is 0 Å². The van der Waals surface area contributed by atoms with E-state index in [2.05, 4.69) is 25.3 Å². The van der Waals surface area contributed by atoms with E-state index in [1.807, 2.05) is 0 Å². The van der Waals surface area contributed by atoms with Gasteiger partial charge in [0.1, 0.15) is 37.6 Å². The molecule has 0 saturated carbocycles. The molecule has 116 valence electrons. The fourth-order valence-electron chi connectivity index (χ4n) is 2.21. The summed E-state index contributed by atoms with van der Waals surface area (Å²) >= 11 is 0. The first-order valence-corrected chi connectivity index (χ1v) is 6.66. The molecule has 9 nitrogen and oxygen atoms in total. The van der Waals surface area contributed by atoms with E-state index in [0.717, 1.165) is 0 Å². The van der Waals surface area contributed by atoms with Gasteiger partial charge in [0.2, 0.25) is 0 Å². The van der Waals surface area contributed by atoms with Crippen molar-refractivity contribution in [3.63, 3.8) is 0 Å². The van der Waals surface area contributed by atoms with Crippen LogP contribution < -0.4 is 0 Å². The standard InChI is InChI=1S/C12H15FN8O/c13-1-2-19-4-11(3-16-19)12(22,5-20-9-14-7-17-20)6-21-10-15-8-18-21/h3-4,7-10,22H,1-2,5-6H2. The second kappa shape index (κ2) is 6.02. The van der Waals surface area contributed by atoms with Crippen LogP contribution in [0, 0.1) is 0 Å². The van der Waals surface area contributed by atoms with Crippen LogP contribution in [-0.2, 0) is 25.2 Å². The molecule has 0 aromatic carbocycles. The zero-order valence-electron chi connectivity index (χ0n) is 11.7. The molecule has 0 spiro atoms. The lowest BCUT2D eigenvalue weighted by atomic mass is 9.97. The largest absolute Gasteiger partial charge is 0.381 e. The Morgan fingerprint density at radius 1 is 1.00 bits per heavy atom. The monoisotopic (exact) mass is 306 g/mol. The summed E-state index contributed by atoms with van der Waals surface area (Å²) in [5.74, 6) is 0. The third-order valence-electron chi connectivity index (χ3n) is 3.26. The second-order valence-corrected chi connectivity index (χ2v) is 4.90. The van der Waals surface area contributed by atoms with Crippen molar-refractivity contribution in [2.24, 2.45) is 0 Å². The van der Waals surface area contributed by atoms with Crippen molar-refractivity contribution in [3.8, 4) is 0 Å². The molecule has 3 aromatic rings. The number of aliphatic hydroxyl groups is 1. The van der Waals surface area contributed by atoms with Gasteiger partial charge >= 0.3 is 0 Å². The molecule has 0 radical (unpaired) electrons. The number of aromatic nitrogens is 8. The van der Waals surface area contributed by atoms with Crippen LogP contribution in [0.5, 0.6) is 0 Å². The highest BCUT2D eigenvalue weighted by atomic mass is 19.1. The second-order valence-electron chi connectivity index (χ2n) is 4.90. The molecule has 0 atom stereocenters. The van der Waals surface area contributed by atoms with E-state index in [0.29, 0.717) is 5.56 Å². The molecular weight excluding hydrogens is 291 g/mol. The van der Waals surface area contributed by atoms with Crippen LogP contribution in [0.3, 0.4) is 0 Å². The zero-order chi connectivity index (χ0) is 15.4. The van der Waals surface area contributed by atoms with Crippen LogP contribution >= 0.6 is 0 Å². The molecule has 3 heterocycles. The maximum Gasteiger partial charge on any atom is 0.137 e. The third kappa shape index (κ3) is 3.01. The fourth-order valence-corrected chi connectivity index (χ4v) is 2.21. The van der Waals surface area contributed by atoms with E-state index < -0.39 is 12.3 Å². The van der Waals surface area contributed by atoms with Crippen LogP contribution in [0.25, 0.3) is 0 Å². The zero-order valence-corrected chi connectivity index (χ0v) is 11.7. The summed E-state index contributed by atoms with van der Waals surface area (Å²) in [5, 5.41) is 23.2. The topological polar surface area (TPSA) is 99.5 Å². The van der Waals surface area contributed by atoms with Gasteiger partial charge in [-0.05, 0) is 0 Å². The van der Waals surface area contributed by atoms with Gasteiger partial charge in [-0.3, -0.25) is 4.68 Å². The molecule has 22 heavy (non-hydrogen) atoms. The number of hydrogen-bond donors (Lipinski definition) is 1. The maximum absolute atomic E-state index is 12.4. The van der Waals surface area contributed by atoms with Crippen LogP contribution in [0.1, 0.15) is 5.56 Å². The molecule has 0 fully saturated rings. The molecule has 0 saturated heterocycles. The van der Waals surface area contributed by atoms with Crippen molar-refractivity contribution in [2.75, 3.05) is 6.67 Å². The van der Waals surface area contributed by atoms with E-state index in [-0.39, 0.29) is 19.6 Å². The van der Waals surface area contributed by atoms with Crippen LogP contribution in [0.4, 0.5) is 4.39 Å². The highest BCUT2D eigenvalue weighted by Gasteiger charge is 2.33. The first kappa shape index (κ1) is 14.3. The number of aryl methyl sites for hydroxylation is 1. The Bertz CT molecular complexity index is 656. The lowest BCUT2D eigenvalue weighted by Crippen LogP contribution is -2.36. The first-order chi connectivity index (χ1) is 10.7. The van der Waals surface area contributed by atoms with E-state index in [1.165, 1.54) is 45.6 Å². The molecule has 0 amide bonds. The average molecular weight is 306 g/mol. The van der Waals surface area contributed by atoms with Crippen molar-refractivity contribution in [1.29, 1.82) is 0 Å². The van der Waals surface area contributed by atoms with Gasteiger partial charge in [0.15, 0.2) is 0 Å². The molecule has 0 aliphatic carbocycles. The van der Waals surface area contributed by atoms with Crippen molar-refractivity contribution >= 4 is 0 Å². The van der Waals surface area contributed by atoms with Gasteiger partial charge in [-0.1, -0.05) is 0 Å². The van der Waals surface area contributed by atoms with Crippen LogP contribution in [0.15, 0.2) is 37.7 Å². The third-order valence-corrected chi connectivity index (χ3v) is 3.26. The Balaban J connectivity index is 1.89. The molecule has 0 aliphatic heterocycles. The predicted molar refractivity (Wildman–Crippen MR) is 72.1 cm³/mol. The lowest BCUT2D eigenvalue weighted by Gasteiger charge is -2.26. The number of alkyl halides is 1. The van der Waals surface area contributed by atoms with Crippen molar-refractivity contribution in [2.45, 2.75) is 25.2 Å². The minimum absolute atomic E-state index is 0.142. The van der Waals surface area contributed by atoms with Crippen molar-refractivity contribution in [1.82, 2.24) is 39.3 Å². The number of hydrogen-bond acceptors (Lipinski definition) is 6. The van der Waals surface area contributed by atoms with E-state index in [1.54, 1.807) is 6.20 Å². The Kier molecular flexibility index (Phi) is 3.92. The van der Waals surface area contributed by atoms with Crippen LogP contribution in [-0.4, -0.2) is 51.1 Å². The quantitative estimate of drug-likeness (QED) is 0.639. The molecule has 1 N–H and O–H groups in total. The Hall–Kier alpha value is -2.62. The number of rotatable bonds is 7. The van der Waals surface area contributed by atoms with Gasteiger partial charge in [0.25, 0.3) is 0 Å². The van der Waals surface area contributed by atoms with Gasteiger partial charge in [-0.25, -0.2) is 23.7 Å². The van der Waals surface area contributed by atoms with Crippen molar-refractivity contribution < 1.29 is 9.50 Å². The minimum Gasteiger partial charge on any atom is -0.381 e. The first-order valence-electron chi connectivity index (χ1n) is 6.66. The van der Waals surface area contributed by atoms with E-state index in [9.17, 15) is 9.50 Å². The predicted octanol–water partition coefficient (Wildman–Crippen LogP) is -0.376. The number of halogens is 1. The minimum atomic E-state index is -1.32. The number of nitrogens with zero attached hydrogens (tertiary/aromatic N) is 8. The van der Waals surface area contributed by atoms with Gasteiger partial charge in [-0.15, -0.1) is 0 Å². The summed E-state index contributed by atoms with van der Waals surface area (Å²) in [6, 6.07) is 0. The van der Waals surface area contributed by atoms with Gasteiger partial charge in [0, 0.05) is 11.8 Å². The molecule has 0 unspecified atom stereocenters. The molecule has 0 bridgehead atoms. The molecule has 10 heteroatoms. The van der Waals surface area contributed by atoms with Crippen LogP contribution in [0.2, 0.25) is 0 Å². The summed E-state index contributed by atoms with van der Waals surface area (Å²) < 4.78 is 16.9. The van der Waals surface area contributed by atoms with E-state index in [4.69, 9.17) is 0 Å². The summed E-state index contributed by atoms with van der Waals surface area (Å²) in [7, 11) is 0. The van der Waals surface area contributed by atoms with Gasteiger partial charge in [-0.2, -0.15) is 15.3 Å². The summed E-state index contributed by atoms with van der Waals surface area (Å²) in [6.45, 7) is -0.0587. The maximum atomic E-state index is 12.4. The van der Waals surface area contributed by atoms with Gasteiger partial charge < -0.3 is 5.11 Å². The molecular formula is C12H15FN8O. The Morgan fingerprint density at radius 2 is 1.64 bits per heavy atom. The molecule has 3 aromatic heterocycles. The highest BCUT2D eigenvalue weighted by molar-refractivity contribution is 5.15. The Labute approximate surface area is 125 Å². The summed E-state index contributed by atoms with van der Waals surface area (Å²) in [6.07, 6.45) is 8.94. The summed E-state index contributed by atoms with van der Waals surface area (Å²) in [4.78, 5) is 7.73. The normalized spacial score (nSPS) is 11.9. The van der Waals surface area contributed by atoms with Crippen molar-refractivity contribution in [3.05, 3.63) is 43.3 Å². The summed E-state index contributed by atoms with van der Waals surface area (Å²) in [5.41, 5.74) is -0.775. The lowest BCUT2D eigenvalue weighted by molar-refractivity contribution is -0.00550. The fraction of sp³-hybridized carbons (Fsp3) is 0.417. The Morgan fingerprint density at radius 3 is 2.14 bits per heavy atom. The molecule has 3 rings (SSSR count). The smallest absolute Gasteiger partial charge is 0.137 e. The SMILES string of the molecule is OC(Cn1cncn1)(Cn1cncn1)c1cnn(CCF)c1. The molecule has 0 aliphatic rings. The average Bonchev–Trinajstić information content (AvgIpc) is 3.20. The van der Waals surface area contributed by atoms with Gasteiger partial charge in [0.05, 0.1) is 25.8 Å². The highest BCUT2D eigenvalue weighted by Crippen LogP contribution is 2.24.